The molecule has 148 valence electrons. The maximum atomic E-state index is 6.22. The zero-order valence-electron chi connectivity index (χ0n) is 17.4. The molecule has 0 aliphatic heterocycles. The highest BCUT2D eigenvalue weighted by Gasteiger charge is 2.22. The number of ether oxygens (including phenoxy) is 1. The summed E-state index contributed by atoms with van der Waals surface area (Å²) >= 11 is 0. The first-order valence-corrected chi connectivity index (χ1v) is 11.9. The molecule has 0 heterocycles. The van der Waals surface area contributed by atoms with Crippen molar-refractivity contribution < 1.29 is 4.74 Å². The number of unbranched alkanes of at least 4 members (excludes halogenated alkanes) is 4. The summed E-state index contributed by atoms with van der Waals surface area (Å²) in [7, 11) is 0. The second-order valence-corrected chi connectivity index (χ2v) is 9.15. The molecule has 0 radical (unpaired) electrons. The molecule has 0 atom stereocenters. The van der Waals surface area contributed by atoms with Crippen molar-refractivity contribution in [3.8, 4) is 0 Å². The van der Waals surface area contributed by atoms with Crippen LogP contribution in [0, 0.1) is 17.8 Å². The third-order valence-electron chi connectivity index (χ3n) is 7.16. The number of rotatable bonds is 12. The molecule has 0 bridgehead atoms. The van der Waals surface area contributed by atoms with Crippen LogP contribution in [-0.2, 0) is 4.74 Å². The molecule has 0 spiro atoms. The van der Waals surface area contributed by atoms with Gasteiger partial charge in [0.05, 0.1) is 6.10 Å². The van der Waals surface area contributed by atoms with E-state index in [1.165, 1.54) is 109 Å². The first-order valence-electron chi connectivity index (χ1n) is 11.9. The Hall–Kier alpha value is -0.0400. The van der Waals surface area contributed by atoms with E-state index in [1.807, 2.05) is 0 Å². The lowest BCUT2D eigenvalue weighted by Crippen LogP contribution is -2.22. The Kier molecular flexibility index (Phi) is 11.2. The summed E-state index contributed by atoms with van der Waals surface area (Å²) in [5.74, 6) is 3.06. The van der Waals surface area contributed by atoms with Gasteiger partial charge in [-0.2, -0.15) is 0 Å². The minimum absolute atomic E-state index is 0.590. The molecule has 0 N–H and O–H groups in total. The van der Waals surface area contributed by atoms with Crippen molar-refractivity contribution in [1.29, 1.82) is 0 Å². The van der Waals surface area contributed by atoms with Crippen LogP contribution in [0.5, 0.6) is 0 Å². The zero-order valence-corrected chi connectivity index (χ0v) is 17.4. The van der Waals surface area contributed by atoms with Crippen LogP contribution in [0.15, 0.2) is 0 Å². The monoisotopic (exact) mass is 350 g/mol. The van der Waals surface area contributed by atoms with E-state index in [2.05, 4.69) is 13.8 Å². The molecule has 0 saturated heterocycles. The Morgan fingerprint density at radius 2 is 1.16 bits per heavy atom. The number of hydrogen-bond acceptors (Lipinski definition) is 1. The van der Waals surface area contributed by atoms with Gasteiger partial charge in [0.25, 0.3) is 0 Å². The molecule has 2 rings (SSSR count). The van der Waals surface area contributed by atoms with Gasteiger partial charge in [0.1, 0.15) is 0 Å². The van der Waals surface area contributed by atoms with Crippen LogP contribution in [0.3, 0.4) is 0 Å². The van der Waals surface area contributed by atoms with Gasteiger partial charge in [-0.05, 0) is 56.3 Å². The molecule has 0 aromatic carbocycles. The minimum Gasteiger partial charge on any atom is -0.378 e. The van der Waals surface area contributed by atoms with Gasteiger partial charge < -0.3 is 4.74 Å². The van der Waals surface area contributed by atoms with Crippen LogP contribution in [0.25, 0.3) is 0 Å². The average molecular weight is 351 g/mol. The van der Waals surface area contributed by atoms with E-state index in [4.69, 9.17) is 4.74 Å². The maximum absolute atomic E-state index is 6.22. The predicted molar refractivity (Wildman–Crippen MR) is 110 cm³/mol. The summed E-state index contributed by atoms with van der Waals surface area (Å²) in [4.78, 5) is 0. The highest BCUT2D eigenvalue weighted by Crippen LogP contribution is 2.33. The lowest BCUT2D eigenvalue weighted by molar-refractivity contribution is 0.0132. The summed E-state index contributed by atoms with van der Waals surface area (Å²) in [5, 5.41) is 0. The van der Waals surface area contributed by atoms with E-state index in [-0.39, 0.29) is 0 Å². The predicted octanol–water partition coefficient (Wildman–Crippen LogP) is 7.92. The maximum Gasteiger partial charge on any atom is 0.0575 e. The fourth-order valence-corrected chi connectivity index (χ4v) is 5.17. The van der Waals surface area contributed by atoms with Crippen LogP contribution >= 0.6 is 0 Å². The first kappa shape index (κ1) is 21.3. The SMILES string of the molecule is CCCCCCCC1CCC(OCCC[C@H]2CC[C@H](CC)CC2)CC1. The summed E-state index contributed by atoms with van der Waals surface area (Å²) in [6, 6.07) is 0. The molecule has 2 saturated carbocycles. The highest BCUT2D eigenvalue weighted by molar-refractivity contribution is 4.74. The normalized spacial score (nSPS) is 30.5. The van der Waals surface area contributed by atoms with Gasteiger partial charge in [-0.1, -0.05) is 84.5 Å². The Bertz CT molecular complexity index is 297. The third kappa shape index (κ3) is 8.94. The Morgan fingerprint density at radius 3 is 1.80 bits per heavy atom. The molecule has 0 amide bonds. The van der Waals surface area contributed by atoms with Gasteiger partial charge in [-0.3, -0.25) is 0 Å². The van der Waals surface area contributed by atoms with E-state index in [0.717, 1.165) is 24.4 Å². The van der Waals surface area contributed by atoms with Crippen molar-refractivity contribution in [3.05, 3.63) is 0 Å². The summed E-state index contributed by atoms with van der Waals surface area (Å²) in [6.45, 7) is 5.69. The second-order valence-electron chi connectivity index (χ2n) is 9.15. The Balaban J connectivity index is 1.42. The van der Waals surface area contributed by atoms with E-state index < -0.39 is 0 Å². The second kappa shape index (κ2) is 13.2. The molecule has 25 heavy (non-hydrogen) atoms. The van der Waals surface area contributed by atoms with Gasteiger partial charge in [0.15, 0.2) is 0 Å². The molecule has 1 nitrogen and oxygen atoms in total. The van der Waals surface area contributed by atoms with Crippen LogP contribution in [0.4, 0.5) is 0 Å². The lowest BCUT2D eigenvalue weighted by Gasteiger charge is -2.29. The van der Waals surface area contributed by atoms with Crippen molar-refractivity contribution in [2.45, 2.75) is 129 Å². The van der Waals surface area contributed by atoms with Crippen LogP contribution in [-0.4, -0.2) is 12.7 Å². The van der Waals surface area contributed by atoms with Gasteiger partial charge in [-0.15, -0.1) is 0 Å². The largest absolute Gasteiger partial charge is 0.378 e. The fraction of sp³-hybridized carbons (Fsp3) is 1.00. The molecule has 2 aliphatic rings. The first-order chi connectivity index (χ1) is 12.3. The molecular weight excluding hydrogens is 304 g/mol. The quantitative estimate of drug-likeness (QED) is 0.325. The Morgan fingerprint density at radius 1 is 0.600 bits per heavy atom. The molecule has 0 aromatic rings. The standard InChI is InChI=1S/C24H46O/c1-3-5-6-7-8-10-22-16-18-24(19-17-22)25-20-9-11-23-14-12-21(4-2)13-15-23/h21-24H,3-20H2,1-2H3/t21-,22?,23-,24?. The van der Waals surface area contributed by atoms with E-state index >= 15 is 0 Å². The van der Waals surface area contributed by atoms with Gasteiger partial charge in [0.2, 0.25) is 0 Å². The minimum atomic E-state index is 0.590. The summed E-state index contributed by atoms with van der Waals surface area (Å²) in [5.41, 5.74) is 0. The molecule has 0 unspecified atom stereocenters. The van der Waals surface area contributed by atoms with Crippen molar-refractivity contribution >= 4 is 0 Å². The zero-order chi connectivity index (χ0) is 17.7. The van der Waals surface area contributed by atoms with Crippen molar-refractivity contribution in [2.24, 2.45) is 17.8 Å². The average Bonchev–Trinajstić information content (AvgIpc) is 2.66. The highest BCUT2D eigenvalue weighted by atomic mass is 16.5. The van der Waals surface area contributed by atoms with Crippen molar-refractivity contribution in [2.75, 3.05) is 6.61 Å². The summed E-state index contributed by atoms with van der Waals surface area (Å²) < 4.78 is 6.22. The molecular formula is C24H46O. The fourth-order valence-electron chi connectivity index (χ4n) is 5.17. The van der Waals surface area contributed by atoms with Crippen LogP contribution in [0.1, 0.15) is 123 Å². The third-order valence-corrected chi connectivity index (χ3v) is 7.16. The molecule has 2 fully saturated rings. The van der Waals surface area contributed by atoms with Crippen LogP contribution in [0.2, 0.25) is 0 Å². The van der Waals surface area contributed by atoms with Gasteiger partial charge in [0, 0.05) is 6.61 Å². The van der Waals surface area contributed by atoms with Crippen molar-refractivity contribution in [3.63, 3.8) is 0 Å². The van der Waals surface area contributed by atoms with E-state index in [0.29, 0.717) is 6.10 Å². The van der Waals surface area contributed by atoms with Gasteiger partial charge >= 0.3 is 0 Å². The van der Waals surface area contributed by atoms with Gasteiger partial charge in [-0.25, -0.2) is 0 Å². The topological polar surface area (TPSA) is 9.23 Å². The van der Waals surface area contributed by atoms with Crippen molar-refractivity contribution in [1.82, 2.24) is 0 Å². The Labute approximate surface area is 158 Å². The molecule has 1 heteroatoms. The van der Waals surface area contributed by atoms with E-state index in [1.54, 1.807) is 0 Å². The van der Waals surface area contributed by atoms with Crippen LogP contribution < -0.4 is 0 Å². The smallest absolute Gasteiger partial charge is 0.0575 e. The van der Waals surface area contributed by atoms with E-state index in [9.17, 15) is 0 Å². The lowest BCUT2D eigenvalue weighted by atomic mass is 9.79. The molecule has 0 aromatic heterocycles. The number of hydrogen-bond donors (Lipinski definition) is 0. The summed E-state index contributed by atoms with van der Waals surface area (Å²) in [6.07, 6.45) is 24.9. The molecule has 2 aliphatic carbocycles.